The average molecular weight is 276 g/mol. The fourth-order valence-electron chi connectivity index (χ4n) is 4.24. The molecule has 1 saturated carbocycles. The van der Waals surface area contributed by atoms with Crippen LogP contribution in [0, 0.1) is 12.8 Å². The van der Waals surface area contributed by atoms with E-state index in [1.54, 1.807) is 0 Å². The lowest BCUT2D eigenvalue weighted by atomic mass is 9.84. The summed E-state index contributed by atoms with van der Waals surface area (Å²) in [5.41, 5.74) is 6.46. The van der Waals surface area contributed by atoms with Crippen molar-refractivity contribution in [1.29, 1.82) is 0 Å². The summed E-state index contributed by atoms with van der Waals surface area (Å²) >= 11 is 0. The second kappa shape index (κ2) is 5.90. The number of aryl methyl sites for hydroxylation is 1. The molecule has 1 aliphatic carbocycles. The molecule has 2 fully saturated rings. The molecule has 3 rings (SSSR count). The zero-order chi connectivity index (χ0) is 14.1. The Morgan fingerprint density at radius 2 is 2.10 bits per heavy atom. The first-order valence-corrected chi connectivity index (χ1v) is 8.28. The number of likely N-dealkylation sites (tertiary alicyclic amines) is 1. The van der Waals surface area contributed by atoms with E-state index in [-0.39, 0.29) is 12.1 Å². The van der Waals surface area contributed by atoms with Gasteiger partial charge in [-0.2, -0.15) is 0 Å². The molecule has 0 radical (unpaired) electrons. The standard InChI is InChI=1S/C17H28N2O/c1-3-14(18)17(16-9-8-12(2)20-16)19-11-10-13-6-4-5-7-15(13)19/h8-9,13-15,17H,3-7,10-11,18H2,1-2H3. The normalized spacial score (nSPS) is 30.1. The van der Waals surface area contributed by atoms with Gasteiger partial charge in [0.25, 0.3) is 0 Å². The second-order valence-electron chi connectivity index (χ2n) is 6.60. The minimum absolute atomic E-state index is 0.168. The third kappa shape index (κ3) is 2.53. The Kier molecular flexibility index (Phi) is 4.18. The summed E-state index contributed by atoms with van der Waals surface area (Å²) in [4.78, 5) is 2.66. The predicted octanol–water partition coefficient (Wildman–Crippen LogP) is 3.63. The molecule has 2 N–H and O–H groups in total. The molecule has 3 heteroatoms. The Morgan fingerprint density at radius 3 is 2.80 bits per heavy atom. The number of rotatable bonds is 4. The van der Waals surface area contributed by atoms with Gasteiger partial charge in [0.15, 0.2) is 0 Å². The summed E-state index contributed by atoms with van der Waals surface area (Å²) in [5, 5.41) is 0. The summed E-state index contributed by atoms with van der Waals surface area (Å²) in [6.07, 6.45) is 7.89. The van der Waals surface area contributed by atoms with Gasteiger partial charge < -0.3 is 10.2 Å². The van der Waals surface area contributed by atoms with Crippen LogP contribution in [0.1, 0.15) is 63.0 Å². The number of furan rings is 1. The molecule has 112 valence electrons. The van der Waals surface area contributed by atoms with Crippen molar-refractivity contribution in [3.63, 3.8) is 0 Å². The molecule has 0 aromatic carbocycles. The van der Waals surface area contributed by atoms with E-state index in [9.17, 15) is 0 Å². The van der Waals surface area contributed by atoms with Crippen LogP contribution in [0.15, 0.2) is 16.5 Å². The molecule has 4 atom stereocenters. The monoisotopic (exact) mass is 276 g/mol. The molecule has 3 nitrogen and oxygen atoms in total. The Balaban J connectivity index is 1.85. The molecular weight excluding hydrogens is 248 g/mol. The van der Waals surface area contributed by atoms with Gasteiger partial charge in [0.1, 0.15) is 11.5 Å². The van der Waals surface area contributed by atoms with Crippen LogP contribution in [0.25, 0.3) is 0 Å². The van der Waals surface area contributed by atoms with Crippen molar-refractivity contribution >= 4 is 0 Å². The van der Waals surface area contributed by atoms with E-state index in [1.165, 1.54) is 38.6 Å². The van der Waals surface area contributed by atoms with Crippen molar-refractivity contribution in [2.45, 2.75) is 70.5 Å². The zero-order valence-corrected chi connectivity index (χ0v) is 12.8. The fraction of sp³-hybridized carbons (Fsp3) is 0.765. The van der Waals surface area contributed by atoms with Crippen molar-refractivity contribution < 1.29 is 4.42 Å². The largest absolute Gasteiger partial charge is 0.465 e. The highest BCUT2D eigenvalue weighted by Crippen LogP contribution is 2.42. The highest BCUT2D eigenvalue weighted by atomic mass is 16.3. The molecule has 4 unspecified atom stereocenters. The van der Waals surface area contributed by atoms with Gasteiger partial charge in [-0.15, -0.1) is 0 Å². The highest BCUT2D eigenvalue weighted by Gasteiger charge is 2.41. The topological polar surface area (TPSA) is 42.4 Å². The molecule has 0 amide bonds. The highest BCUT2D eigenvalue weighted by molar-refractivity contribution is 5.14. The molecular formula is C17H28N2O. The minimum Gasteiger partial charge on any atom is -0.465 e. The van der Waals surface area contributed by atoms with Gasteiger partial charge in [-0.1, -0.05) is 19.8 Å². The predicted molar refractivity (Wildman–Crippen MR) is 81.5 cm³/mol. The number of nitrogens with two attached hydrogens (primary N) is 1. The maximum atomic E-state index is 6.46. The van der Waals surface area contributed by atoms with Gasteiger partial charge in [-0.25, -0.2) is 0 Å². The maximum Gasteiger partial charge on any atom is 0.122 e. The fourth-order valence-corrected chi connectivity index (χ4v) is 4.24. The number of hydrogen-bond acceptors (Lipinski definition) is 3. The Morgan fingerprint density at radius 1 is 1.30 bits per heavy atom. The molecule has 1 aliphatic heterocycles. The summed E-state index contributed by atoms with van der Waals surface area (Å²) in [7, 11) is 0. The third-order valence-corrected chi connectivity index (χ3v) is 5.34. The van der Waals surface area contributed by atoms with Crippen LogP contribution >= 0.6 is 0 Å². The molecule has 1 aromatic rings. The zero-order valence-electron chi connectivity index (χ0n) is 12.8. The number of nitrogens with zero attached hydrogens (tertiary/aromatic N) is 1. The lowest BCUT2D eigenvalue weighted by Gasteiger charge is -2.38. The lowest BCUT2D eigenvalue weighted by molar-refractivity contribution is 0.0995. The van der Waals surface area contributed by atoms with Crippen LogP contribution in [0.2, 0.25) is 0 Å². The van der Waals surface area contributed by atoms with Gasteiger partial charge in [-0.3, -0.25) is 4.90 Å². The lowest BCUT2D eigenvalue weighted by Crippen LogP contribution is -2.45. The summed E-state index contributed by atoms with van der Waals surface area (Å²) in [6, 6.07) is 5.37. The van der Waals surface area contributed by atoms with Crippen LogP contribution < -0.4 is 5.73 Å². The van der Waals surface area contributed by atoms with E-state index in [4.69, 9.17) is 10.2 Å². The summed E-state index contributed by atoms with van der Waals surface area (Å²) in [6.45, 7) is 5.39. The Hall–Kier alpha value is -0.800. The van der Waals surface area contributed by atoms with Crippen molar-refractivity contribution in [1.82, 2.24) is 4.90 Å². The van der Waals surface area contributed by atoms with Crippen molar-refractivity contribution in [3.05, 3.63) is 23.7 Å². The van der Waals surface area contributed by atoms with E-state index in [0.717, 1.165) is 29.9 Å². The Bertz CT molecular complexity index is 442. The molecule has 0 spiro atoms. The molecule has 1 aromatic heterocycles. The number of fused-ring (bicyclic) bond motifs is 1. The first-order chi connectivity index (χ1) is 9.70. The van der Waals surface area contributed by atoms with E-state index >= 15 is 0 Å². The van der Waals surface area contributed by atoms with Gasteiger partial charge >= 0.3 is 0 Å². The average Bonchev–Trinajstić information content (AvgIpc) is 3.07. The molecule has 2 heterocycles. The first-order valence-electron chi connectivity index (χ1n) is 8.28. The van der Waals surface area contributed by atoms with Crippen molar-refractivity contribution in [3.8, 4) is 0 Å². The summed E-state index contributed by atoms with van der Waals surface area (Å²) in [5.74, 6) is 2.96. The quantitative estimate of drug-likeness (QED) is 0.913. The molecule has 20 heavy (non-hydrogen) atoms. The van der Waals surface area contributed by atoms with Crippen LogP contribution in [0.3, 0.4) is 0 Å². The first kappa shape index (κ1) is 14.2. The van der Waals surface area contributed by atoms with Crippen molar-refractivity contribution in [2.75, 3.05) is 6.54 Å². The smallest absolute Gasteiger partial charge is 0.122 e. The molecule has 1 saturated heterocycles. The van der Waals surface area contributed by atoms with Crippen molar-refractivity contribution in [2.24, 2.45) is 11.7 Å². The van der Waals surface area contributed by atoms with E-state index in [2.05, 4.69) is 24.0 Å². The third-order valence-electron chi connectivity index (χ3n) is 5.34. The van der Waals surface area contributed by atoms with Crippen LogP contribution in [-0.4, -0.2) is 23.5 Å². The van der Waals surface area contributed by atoms with Gasteiger partial charge in [0.2, 0.25) is 0 Å². The number of hydrogen-bond donors (Lipinski definition) is 1. The van der Waals surface area contributed by atoms with Crippen LogP contribution in [-0.2, 0) is 0 Å². The molecule has 0 bridgehead atoms. The minimum atomic E-state index is 0.168. The van der Waals surface area contributed by atoms with Crippen LogP contribution in [0.4, 0.5) is 0 Å². The Labute approximate surface area is 122 Å². The van der Waals surface area contributed by atoms with E-state index < -0.39 is 0 Å². The summed E-state index contributed by atoms with van der Waals surface area (Å²) < 4.78 is 5.94. The van der Waals surface area contributed by atoms with Gasteiger partial charge in [0.05, 0.1) is 6.04 Å². The maximum absolute atomic E-state index is 6.46. The van der Waals surface area contributed by atoms with E-state index in [0.29, 0.717) is 0 Å². The SMILES string of the molecule is CCC(N)C(c1ccc(C)o1)N1CCC2CCCCC21. The van der Waals surface area contributed by atoms with Crippen LogP contribution in [0.5, 0.6) is 0 Å². The van der Waals surface area contributed by atoms with Gasteiger partial charge in [-0.05, 0) is 57.2 Å². The van der Waals surface area contributed by atoms with E-state index in [1.807, 2.05) is 6.92 Å². The second-order valence-corrected chi connectivity index (χ2v) is 6.60. The molecule has 2 aliphatic rings. The van der Waals surface area contributed by atoms with Gasteiger partial charge in [0, 0.05) is 12.1 Å².